The fourth-order valence-corrected chi connectivity index (χ4v) is 7.69. The molecule has 1 atom stereocenters. The van der Waals surface area contributed by atoms with E-state index in [1.807, 2.05) is 0 Å². The van der Waals surface area contributed by atoms with E-state index in [2.05, 4.69) is 27.7 Å². The van der Waals surface area contributed by atoms with Crippen molar-refractivity contribution in [3.05, 3.63) is 0 Å². The summed E-state index contributed by atoms with van der Waals surface area (Å²) in [5.74, 6) is -0.0279. The van der Waals surface area contributed by atoms with Crippen LogP contribution in [0.2, 0.25) is 0 Å². The summed E-state index contributed by atoms with van der Waals surface area (Å²) >= 11 is 0. The Bertz CT molecular complexity index is 857. The molecule has 0 saturated carbocycles. The smallest absolute Gasteiger partial charge is 0.306 e. The molecule has 0 bridgehead atoms. The molecule has 0 aliphatic rings. The van der Waals surface area contributed by atoms with Gasteiger partial charge < -0.3 is 14.2 Å². The van der Waals surface area contributed by atoms with Crippen molar-refractivity contribution >= 4 is 17.9 Å². The number of ether oxygens (including phenoxy) is 3. The molecule has 0 aromatic carbocycles. The van der Waals surface area contributed by atoms with Gasteiger partial charge in [0.05, 0.1) is 0 Å². The first kappa shape index (κ1) is 55.4. The normalized spacial score (nSPS) is 11.9. The lowest BCUT2D eigenvalue weighted by Crippen LogP contribution is -2.30. The molecule has 0 N–H and O–H groups in total. The van der Waals surface area contributed by atoms with Crippen LogP contribution in [0.4, 0.5) is 0 Å². The summed E-state index contributed by atoms with van der Waals surface area (Å²) in [6.07, 6.45) is 46.5. The van der Waals surface area contributed by atoms with Gasteiger partial charge in [-0.1, -0.05) is 246 Å². The monoisotopic (exact) mass is 807 g/mol. The largest absolute Gasteiger partial charge is 0.462 e. The summed E-state index contributed by atoms with van der Waals surface area (Å²) in [6.45, 7) is 9.01. The molecule has 0 heterocycles. The summed E-state index contributed by atoms with van der Waals surface area (Å²) in [6, 6.07) is 0. The molecule has 0 saturated heterocycles. The van der Waals surface area contributed by atoms with E-state index in [-0.39, 0.29) is 31.1 Å². The van der Waals surface area contributed by atoms with Crippen LogP contribution in [0, 0.1) is 5.92 Å². The lowest BCUT2D eigenvalue weighted by atomic mass is 10.0. The van der Waals surface area contributed by atoms with E-state index >= 15 is 0 Å². The molecule has 6 nitrogen and oxygen atoms in total. The number of rotatable bonds is 46. The Labute approximate surface area is 355 Å². The van der Waals surface area contributed by atoms with E-state index in [0.717, 1.165) is 63.7 Å². The van der Waals surface area contributed by atoms with Crippen molar-refractivity contribution in [3.63, 3.8) is 0 Å². The van der Waals surface area contributed by atoms with Gasteiger partial charge >= 0.3 is 17.9 Å². The van der Waals surface area contributed by atoms with Gasteiger partial charge in [-0.05, 0) is 25.2 Å². The topological polar surface area (TPSA) is 78.9 Å². The zero-order valence-electron chi connectivity index (χ0n) is 38.8. The summed E-state index contributed by atoms with van der Waals surface area (Å²) in [5, 5.41) is 0. The van der Waals surface area contributed by atoms with Gasteiger partial charge in [-0.3, -0.25) is 14.4 Å². The van der Waals surface area contributed by atoms with Gasteiger partial charge in [0.25, 0.3) is 0 Å². The van der Waals surface area contributed by atoms with Crippen molar-refractivity contribution in [2.75, 3.05) is 13.2 Å². The Morgan fingerprint density at radius 2 is 0.579 bits per heavy atom. The molecule has 0 aromatic rings. The van der Waals surface area contributed by atoms with Crippen LogP contribution >= 0.6 is 0 Å². The highest BCUT2D eigenvalue weighted by atomic mass is 16.6. The van der Waals surface area contributed by atoms with Crippen LogP contribution in [0.1, 0.15) is 285 Å². The third-order valence-electron chi connectivity index (χ3n) is 11.5. The molecule has 0 fully saturated rings. The minimum atomic E-state index is -0.760. The van der Waals surface area contributed by atoms with Crippen LogP contribution in [0.25, 0.3) is 0 Å². The van der Waals surface area contributed by atoms with Crippen molar-refractivity contribution in [1.29, 1.82) is 0 Å². The summed E-state index contributed by atoms with van der Waals surface area (Å²) in [4.78, 5) is 37.9. The van der Waals surface area contributed by atoms with E-state index in [4.69, 9.17) is 14.2 Å². The quantitative estimate of drug-likeness (QED) is 0.0346. The maximum Gasteiger partial charge on any atom is 0.306 e. The van der Waals surface area contributed by atoms with Gasteiger partial charge in [0.15, 0.2) is 6.10 Å². The van der Waals surface area contributed by atoms with Crippen LogP contribution in [0.5, 0.6) is 0 Å². The lowest BCUT2D eigenvalue weighted by Gasteiger charge is -2.18. The predicted molar refractivity (Wildman–Crippen MR) is 243 cm³/mol. The van der Waals surface area contributed by atoms with Crippen molar-refractivity contribution in [1.82, 2.24) is 0 Å². The Morgan fingerprint density at radius 3 is 0.860 bits per heavy atom. The van der Waals surface area contributed by atoms with Crippen LogP contribution < -0.4 is 0 Å². The lowest BCUT2D eigenvalue weighted by molar-refractivity contribution is -0.167. The van der Waals surface area contributed by atoms with Gasteiger partial charge in [-0.2, -0.15) is 0 Å². The maximum atomic E-state index is 12.8. The first-order valence-electron chi connectivity index (χ1n) is 25.4. The van der Waals surface area contributed by atoms with Crippen LogP contribution in [0.3, 0.4) is 0 Å². The van der Waals surface area contributed by atoms with Crippen LogP contribution in [0.15, 0.2) is 0 Å². The number of carbonyl (C=O) groups is 3. The average molecular weight is 807 g/mol. The number of hydrogen-bond donors (Lipinski definition) is 0. The molecular weight excluding hydrogens is 709 g/mol. The Kier molecular flexibility index (Phi) is 44.2. The Balaban J connectivity index is 4.31. The number of hydrogen-bond acceptors (Lipinski definition) is 6. The Morgan fingerprint density at radius 1 is 0.333 bits per heavy atom. The van der Waals surface area contributed by atoms with Crippen molar-refractivity contribution in [2.24, 2.45) is 5.92 Å². The number of carbonyl (C=O) groups excluding carboxylic acids is 3. The standard InChI is InChI=1S/C51H98O6/c1-5-7-9-11-13-15-17-18-19-20-22-28-32-36-40-44-51(54)57-48(45-55-49(52)42-38-34-30-26-21-16-14-12-10-8-6-2)46-56-50(53)43-39-35-31-27-24-23-25-29-33-37-41-47(3)4/h47-48H,5-46H2,1-4H3/t48-/m0/s1. The molecule has 0 radical (unpaired) electrons. The zero-order chi connectivity index (χ0) is 41.7. The van der Waals surface area contributed by atoms with E-state index < -0.39 is 6.10 Å². The fraction of sp³-hybridized carbons (Fsp3) is 0.941. The maximum absolute atomic E-state index is 12.8. The molecule has 6 heteroatoms. The number of unbranched alkanes of at least 4 members (excludes halogenated alkanes) is 33. The summed E-state index contributed by atoms with van der Waals surface area (Å²) in [7, 11) is 0. The Hall–Kier alpha value is -1.59. The highest BCUT2D eigenvalue weighted by molar-refractivity contribution is 5.71. The molecule has 0 aliphatic heterocycles. The van der Waals surface area contributed by atoms with Crippen molar-refractivity contribution in [2.45, 2.75) is 291 Å². The second-order valence-electron chi connectivity index (χ2n) is 17.9. The molecule has 57 heavy (non-hydrogen) atoms. The molecule has 0 unspecified atom stereocenters. The highest BCUT2D eigenvalue weighted by Crippen LogP contribution is 2.17. The zero-order valence-corrected chi connectivity index (χ0v) is 38.8. The molecule has 0 aliphatic carbocycles. The first-order chi connectivity index (χ1) is 27.9. The average Bonchev–Trinajstić information content (AvgIpc) is 3.19. The predicted octanol–water partition coefficient (Wildman–Crippen LogP) is 16.3. The van der Waals surface area contributed by atoms with E-state index in [0.29, 0.717) is 19.3 Å². The molecule has 0 aromatic heterocycles. The van der Waals surface area contributed by atoms with E-state index in [1.165, 1.54) is 180 Å². The minimum absolute atomic E-state index is 0.0630. The first-order valence-corrected chi connectivity index (χ1v) is 25.4. The van der Waals surface area contributed by atoms with Gasteiger partial charge in [-0.25, -0.2) is 0 Å². The third kappa shape index (κ3) is 45.3. The van der Waals surface area contributed by atoms with Crippen molar-refractivity contribution in [3.8, 4) is 0 Å². The van der Waals surface area contributed by atoms with Crippen molar-refractivity contribution < 1.29 is 28.6 Å². The molecule has 0 amide bonds. The second-order valence-corrected chi connectivity index (χ2v) is 17.9. The van der Waals surface area contributed by atoms with Gasteiger partial charge in [-0.15, -0.1) is 0 Å². The van der Waals surface area contributed by atoms with Gasteiger partial charge in [0.1, 0.15) is 13.2 Å². The fourth-order valence-electron chi connectivity index (χ4n) is 7.69. The van der Waals surface area contributed by atoms with Crippen LogP contribution in [-0.2, 0) is 28.6 Å². The third-order valence-corrected chi connectivity index (χ3v) is 11.5. The number of esters is 3. The molecule has 0 rings (SSSR count). The summed E-state index contributed by atoms with van der Waals surface area (Å²) in [5.41, 5.74) is 0. The van der Waals surface area contributed by atoms with E-state index in [9.17, 15) is 14.4 Å². The second kappa shape index (κ2) is 45.5. The van der Waals surface area contributed by atoms with Crippen LogP contribution in [-0.4, -0.2) is 37.2 Å². The molecule has 0 spiro atoms. The molecule has 338 valence electrons. The van der Waals surface area contributed by atoms with Gasteiger partial charge in [0, 0.05) is 19.3 Å². The van der Waals surface area contributed by atoms with Gasteiger partial charge in [0.2, 0.25) is 0 Å². The molecular formula is C51H98O6. The highest BCUT2D eigenvalue weighted by Gasteiger charge is 2.19. The SMILES string of the molecule is CCCCCCCCCCCCCCCCCC(=O)O[C@@H](COC(=O)CCCCCCCCCCCCC)COC(=O)CCCCCCCCCCCCC(C)C. The minimum Gasteiger partial charge on any atom is -0.462 e. The van der Waals surface area contributed by atoms with E-state index in [1.54, 1.807) is 0 Å². The summed E-state index contributed by atoms with van der Waals surface area (Å²) < 4.78 is 16.8.